The smallest absolute Gasteiger partial charge is 0.126 e. The fourth-order valence-corrected chi connectivity index (χ4v) is 3.54. The van der Waals surface area contributed by atoms with Crippen molar-refractivity contribution >= 4 is 27.7 Å². The Kier molecular flexibility index (Phi) is 6.74. The zero-order chi connectivity index (χ0) is 15.1. The van der Waals surface area contributed by atoms with E-state index in [1.54, 1.807) is 17.8 Å². The summed E-state index contributed by atoms with van der Waals surface area (Å²) in [5, 5.41) is 3.45. The summed E-state index contributed by atoms with van der Waals surface area (Å²) < 4.78 is 14.8. The van der Waals surface area contributed by atoms with E-state index in [0.29, 0.717) is 6.42 Å². The highest BCUT2D eigenvalue weighted by atomic mass is 79.9. The third-order valence-electron chi connectivity index (χ3n) is 3.16. The molecule has 0 aliphatic rings. The molecular weight excluding hydrogens is 349 g/mol. The molecule has 0 saturated carbocycles. The molecule has 1 nitrogen and oxygen atoms in total. The molecule has 2 aromatic rings. The number of likely N-dealkylation sites (N-methyl/N-ethyl adjacent to an activating group) is 1. The van der Waals surface area contributed by atoms with E-state index in [2.05, 4.69) is 40.3 Å². The molecule has 1 unspecified atom stereocenters. The predicted molar refractivity (Wildman–Crippen MR) is 92.4 cm³/mol. The molecule has 1 N–H and O–H groups in total. The summed E-state index contributed by atoms with van der Waals surface area (Å²) in [5.74, 6) is 0.787. The number of rotatable bonds is 7. The molecule has 0 amide bonds. The first-order valence-corrected chi connectivity index (χ1v) is 8.82. The molecular formula is C17H19BrFNS. The van der Waals surface area contributed by atoms with E-state index in [4.69, 9.17) is 0 Å². The van der Waals surface area contributed by atoms with E-state index in [-0.39, 0.29) is 11.9 Å². The molecule has 0 aliphatic carbocycles. The fraction of sp³-hybridized carbons (Fsp3) is 0.294. The van der Waals surface area contributed by atoms with E-state index < -0.39 is 0 Å². The van der Waals surface area contributed by atoms with Crippen molar-refractivity contribution in [2.45, 2.75) is 24.3 Å². The summed E-state index contributed by atoms with van der Waals surface area (Å²) in [6, 6.07) is 15.7. The molecule has 4 heteroatoms. The van der Waals surface area contributed by atoms with Gasteiger partial charge in [0.25, 0.3) is 0 Å². The minimum absolute atomic E-state index is 0.134. The van der Waals surface area contributed by atoms with Gasteiger partial charge in [-0.1, -0.05) is 41.1 Å². The molecule has 1 atom stereocenters. The van der Waals surface area contributed by atoms with Gasteiger partial charge >= 0.3 is 0 Å². The van der Waals surface area contributed by atoms with Crippen molar-refractivity contribution in [3.63, 3.8) is 0 Å². The van der Waals surface area contributed by atoms with Gasteiger partial charge in [0, 0.05) is 21.2 Å². The van der Waals surface area contributed by atoms with Crippen LogP contribution in [0.25, 0.3) is 0 Å². The Balaban J connectivity index is 2.00. The lowest BCUT2D eigenvalue weighted by molar-refractivity contribution is 0.545. The van der Waals surface area contributed by atoms with Gasteiger partial charge < -0.3 is 5.32 Å². The number of hydrogen-bond donors (Lipinski definition) is 1. The molecule has 0 radical (unpaired) electrons. The van der Waals surface area contributed by atoms with Crippen LogP contribution >= 0.6 is 27.7 Å². The fourth-order valence-electron chi connectivity index (χ4n) is 2.16. The highest BCUT2D eigenvalue weighted by molar-refractivity contribution is 9.10. The lowest BCUT2D eigenvalue weighted by Crippen LogP contribution is -2.33. The summed E-state index contributed by atoms with van der Waals surface area (Å²) in [7, 11) is 0. The molecule has 0 saturated heterocycles. The van der Waals surface area contributed by atoms with Crippen molar-refractivity contribution in [1.82, 2.24) is 5.32 Å². The van der Waals surface area contributed by atoms with Gasteiger partial charge in [-0.25, -0.2) is 4.39 Å². The average molecular weight is 368 g/mol. The van der Waals surface area contributed by atoms with E-state index in [9.17, 15) is 4.39 Å². The second-order valence-electron chi connectivity index (χ2n) is 4.82. The monoisotopic (exact) mass is 367 g/mol. The van der Waals surface area contributed by atoms with Crippen LogP contribution in [0.1, 0.15) is 12.5 Å². The zero-order valence-electron chi connectivity index (χ0n) is 12.0. The number of thioether (sulfide) groups is 1. The second kappa shape index (κ2) is 8.57. The Morgan fingerprint density at radius 3 is 2.67 bits per heavy atom. The third kappa shape index (κ3) is 5.46. The molecule has 21 heavy (non-hydrogen) atoms. The van der Waals surface area contributed by atoms with Crippen molar-refractivity contribution in [2.24, 2.45) is 0 Å². The lowest BCUT2D eigenvalue weighted by atomic mass is 10.1. The van der Waals surface area contributed by atoms with E-state index >= 15 is 0 Å². The van der Waals surface area contributed by atoms with Crippen LogP contribution < -0.4 is 5.32 Å². The van der Waals surface area contributed by atoms with Gasteiger partial charge in [-0.05, 0) is 48.9 Å². The molecule has 2 rings (SSSR count). The zero-order valence-corrected chi connectivity index (χ0v) is 14.4. The Labute approximate surface area is 138 Å². The van der Waals surface area contributed by atoms with Gasteiger partial charge in [0.15, 0.2) is 0 Å². The topological polar surface area (TPSA) is 12.0 Å². The van der Waals surface area contributed by atoms with Crippen molar-refractivity contribution in [1.29, 1.82) is 0 Å². The molecule has 0 heterocycles. The largest absolute Gasteiger partial charge is 0.313 e. The first-order chi connectivity index (χ1) is 10.2. The maximum Gasteiger partial charge on any atom is 0.126 e. The predicted octanol–water partition coefficient (Wildman–Crippen LogP) is 4.90. The summed E-state index contributed by atoms with van der Waals surface area (Å²) in [5.41, 5.74) is 0.754. The van der Waals surface area contributed by atoms with Gasteiger partial charge in [0.1, 0.15) is 5.82 Å². The first kappa shape index (κ1) is 16.5. The molecule has 0 fully saturated rings. The van der Waals surface area contributed by atoms with Crippen LogP contribution in [0.15, 0.2) is 57.9 Å². The minimum Gasteiger partial charge on any atom is -0.313 e. The Bertz CT molecular complexity index is 562. The van der Waals surface area contributed by atoms with Crippen LogP contribution in [0.5, 0.6) is 0 Å². The van der Waals surface area contributed by atoms with Gasteiger partial charge in [0.2, 0.25) is 0 Å². The van der Waals surface area contributed by atoms with E-state index in [0.717, 1.165) is 22.3 Å². The quantitative estimate of drug-likeness (QED) is 0.698. The van der Waals surface area contributed by atoms with Gasteiger partial charge in [-0.15, -0.1) is 11.8 Å². The van der Waals surface area contributed by atoms with Gasteiger partial charge in [-0.2, -0.15) is 0 Å². The number of halogens is 2. The summed E-state index contributed by atoms with van der Waals surface area (Å²) in [6.45, 7) is 2.97. The highest BCUT2D eigenvalue weighted by Gasteiger charge is 2.12. The Morgan fingerprint density at radius 1 is 1.19 bits per heavy atom. The maximum absolute atomic E-state index is 13.9. The molecule has 2 aromatic carbocycles. The first-order valence-electron chi connectivity index (χ1n) is 7.04. The highest BCUT2D eigenvalue weighted by Crippen LogP contribution is 2.21. The molecule has 0 aliphatic heterocycles. The van der Waals surface area contributed by atoms with Crippen LogP contribution in [-0.4, -0.2) is 18.3 Å². The SMILES string of the molecule is CCNC(CSc1ccccc1)Cc1cc(Br)ccc1F. The van der Waals surface area contributed by atoms with Crippen LogP contribution in [0, 0.1) is 5.82 Å². The normalized spacial score (nSPS) is 12.3. The van der Waals surface area contributed by atoms with Gasteiger partial charge in [-0.3, -0.25) is 0 Å². The molecule has 0 spiro atoms. The maximum atomic E-state index is 13.9. The minimum atomic E-state index is -0.134. The summed E-state index contributed by atoms with van der Waals surface area (Å²) in [6.07, 6.45) is 0.693. The van der Waals surface area contributed by atoms with Crippen molar-refractivity contribution in [3.8, 4) is 0 Å². The van der Waals surface area contributed by atoms with Crippen LogP contribution in [0.4, 0.5) is 4.39 Å². The van der Waals surface area contributed by atoms with Crippen molar-refractivity contribution in [2.75, 3.05) is 12.3 Å². The van der Waals surface area contributed by atoms with Crippen LogP contribution in [-0.2, 0) is 6.42 Å². The Morgan fingerprint density at radius 2 is 1.95 bits per heavy atom. The van der Waals surface area contributed by atoms with Crippen LogP contribution in [0.3, 0.4) is 0 Å². The van der Waals surface area contributed by atoms with Crippen molar-refractivity contribution in [3.05, 3.63) is 64.4 Å². The lowest BCUT2D eigenvalue weighted by Gasteiger charge is -2.18. The van der Waals surface area contributed by atoms with Gasteiger partial charge in [0.05, 0.1) is 0 Å². The van der Waals surface area contributed by atoms with Crippen LogP contribution in [0.2, 0.25) is 0 Å². The molecule has 0 bridgehead atoms. The number of nitrogens with one attached hydrogen (secondary N) is 1. The van der Waals surface area contributed by atoms with E-state index in [1.807, 2.05) is 24.3 Å². The Hall–Kier alpha value is -0.840. The average Bonchev–Trinajstić information content (AvgIpc) is 2.50. The van der Waals surface area contributed by atoms with Crippen molar-refractivity contribution < 1.29 is 4.39 Å². The second-order valence-corrected chi connectivity index (χ2v) is 6.83. The standard InChI is InChI=1S/C17H19BrFNS/c1-2-20-15(12-21-16-6-4-3-5-7-16)11-13-10-14(18)8-9-17(13)19/h3-10,15,20H,2,11-12H2,1H3. The molecule has 112 valence electrons. The third-order valence-corrected chi connectivity index (χ3v) is 4.83. The number of hydrogen-bond acceptors (Lipinski definition) is 2. The molecule has 0 aromatic heterocycles. The number of benzene rings is 2. The van der Waals surface area contributed by atoms with E-state index in [1.165, 1.54) is 11.0 Å². The summed E-state index contributed by atoms with van der Waals surface area (Å²) in [4.78, 5) is 1.25. The summed E-state index contributed by atoms with van der Waals surface area (Å²) >= 11 is 5.21.